The highest BCUT2D eigenvalue weighted by atomic mass is 16.4. The van der Waals surface area contributed by atoms with E-state index in [1.54, 1.807) is 6.08 Å². The topological polar surface area (TPSA) is 57.5 Å². The number of hydrogen-bond donors (Lipinski definition) is 2. The predicted octanol–water partition coefficient (Wildman–Crippen LogP) is 4.45. The van der Waals surface area contributed by atoms with Crippen LogP contribution in [0.3, 0.4) is 0 Å². The molecule has 7 atom stereocenters. The van der Waals surface area contributed by atoms with Crippen LogP contribution >= 0.6 is 0 Å². The van der Waals surface area contributed by atoms with Crippen LogP contribution < -0.4 is 0 Å². The molecule has 0 radical (unpaired) electrons. The van der Waals surface area contributed by atoms with Crippen LogP contribution in [-0.4, -0.2) is 22.3 Å². The van der Waals surface area contributed by atoms with Gasteiger partial charge < -0.3 is 10.2 Å². The number of aliphatic carboxylic acids is 1. The maximum absolute atomic E-state index is 10.7. The standard InChI is InChI=1S/C21H32O3/c1-5-13(2)20-15(4)12-17-18(22)11-10-14(3)21(17)16(20)8-6-7-9-19(23)24/h5-9,14-18,20-22H,10-12H2,1-4H3,(H,23,24)/t14-,15+,16+,17-,18-,20+,21-/m0/s1. The van der Waals surface area contributed by atoms with E-state index in [0.717, 1.165) is 19.3 Å². The number of aliphatic hydroxyl groups is 1. The summed E-state index contributed by atoms with van der Waals surface area (Å²) in [7, 11) is 0. The first kappa shape index (κ1) is 19.0. The molecule has 0 heterocycles. The first-order valence-corrected chi connectivity index (χ1v) is 9.25. The molecule has 3 nitrogen and oxygen atoms in total. The van der Waals surface area contributed by atoms with E-state index in [1.807, 2.05) is 6.08 Å². The number of rotatable bonds is 4. The summed E-state index contributed by atoms with van der Waals surface area (Å²) in [5, 5.41) is 19.3. The molecule has 0 saturated heterocycles. The van der Waals surface area contributed by atoms with Gasteiger partial charge in [-0.1, -0.05) is 43.7 Å². The number of hydrogen-bond acceptors (Lipinski definition) is 2. The Kier molecular flexibility index (Phi) is 6.45. The molecule has 0 spiro atoms. The number of carboxylic acids is 1. The lowest BCUT2D eigenvalue weighted by molar-refractivity contribution is -0.131. The van der Waals surface area contributed by atoms with E-state index in [9.17, 15) is 9.90 Å². The van der Waals surface area contributed by atoms with Crippen molar-refractivity contribution >= 4 is 5.97 Å². The molecule has 2 aliphatic carbocycles. The van der Waals surface area contributed by atoms with Crippen molar-refractivity contribution in [2.45, 2.75) is 53.1 Å². The van der Waals surface area contributed by atoms with Crippen LogP contribution in [0.5, 0.6) is 0 Å². The van der Waals surface area contributed by atoms with Crippen molar-refractivity contribution in [1.82, 2.24) is 0 Å². The molecule has 0 aromatic heterocycles. The van der Waals surface area contributed by atoms with Gasteiger partial charge in [-0.25, -0.2) is 4.79 Å². The number of fused-ring (bicyclic) bond motifs is 1. The van der Waals surface area contributed by atoms with E-state index in [2.05, 4.69) is 39.8 Å². The van der Waals surface area contributed by atoms with Gasteiger partial charge in [0.15, 0.2) is 0 Å². The molecule has 134 valence electrons. The summed E-state index contributed by atoms with van der Waals surface area (Å²) in [5.41, 5.74) is 1.41. The Labute approximate surface area is 146 Å². The highest BCUT2D eigenvalue weighted by molar-refractivity contribution is 5.80. The van der Waals surface area contributed by atoms with Crippen LogP contribution in [0.4, 0.5) is 0 Å². The molecule has 2 saturated carbocycles. The number of allylic oxidation sites excluding steroid dienone is 5. The SMILES string of the molecule is CC=C(C)[C@H]1[C@@H](C=CC=CC(=O)O)[C@H]2[C@@H](C[C@H]1C)[C@@H](O)CC[C@@H]2C. The maximum atomic E-state index is 10.7. The van der Waals surface area contributed by atoms with Gasteiger partial charge in [0.1, 0.15) is 0 Å². The second kappa shape index (κ2) is 8.15. The fourth-order valence-electron chi connectivity index (χ4n) is 5.22. The Bertz CT molecular complexity index is 531. The second-order valence-corrected chi connectivity index (χ2v) is 7.79. The minimum absolute atomic E-state index is 0.189. The van der Waals surface area contributed by atoms with Gasteiger partial charge in [0.05, 0.1) is 6.10 Å². The Morgan fingerprint density at radius 2 is 1.83 bits per heavy atom. The Morgan fingerprint density at radius 1 is 1.12 bits per heavy atom. The number of aliphatic hydroxyl groups excluding tert-OH is 1. The monoisotopic (exact) mass is 332 g/mol. The van der Waals surface area contributed by atoms with Gasteiger partial charge >= 0.3 is 5.97 Å². The van der Waals surface area contributed by atoms with Crippen LogP contribution in [-0.2, 0) is 4.79 Å². The van der Waals surface area contributed by atoms with Gasteiger partial charge in [-0.2, -0.15) is 0 Å². The van der Waals surface area contributed by atoms with Gasteiger partial charge in [0, 0.05) is 6.08 Å². The van der Waals surface area contributed by atoms with Crippen molar-refractivity contribution in [2.75, 3.05) is 0 Å². The predicted molar refractivity (Wildman–Crippen MR) is 97.5 cm³/mol. The quantitative estimate of drug-likeness (QED) is 0.454. The van der Waals surface area contributed by atoms with Crippen molar-refractivity contribution < 1.29 is 15.0 Å². The van der Waals surface area contributed by atoms with E-state index >= 15 is 0 Å². The maximum Gasteiger partial charge on any atom is 0.328 e. The lowest BCUT2D eigenvalue weighted by Crippen LogP contribution is -2.48. The van der Waals surface area contributed by atoms with Crippen LogP contribution in [0.25, 0.3) is 0 Å². The summed E-state index contributed by atoms with van der Waals surface area (Å²) in [4.78, 5) is 10.7. The highest BCUT2D eigenvalue weighted by Gasteiger charge is 2.48. The molecule has 2 rings (SSSR count). The fraction of sp³-hybridized carbons (Fsp3) is 0.667. The summed E-state index contributed by atoms with van der Waals surface area (Å²) in [5.74, 6) is 1.87. The van der Waals surface area contributed by atoms with E-state index in [4.69, 9.17) is 5.11 Å². The summed E-state index contributed by atoms with van der Waals surface area (Å²) in [6, 6.07) is 0. The average Bonchev–Trinajstić information content (AvgIpc) is 2.53. The Morgan fingerprint density at radius 3 is 2.46 bits per heavy atom. The molecule has 0 unspecified atom stereocenters. The molecule has 0 aromatic rings. The average molecular weight is 332 g/mol. The first-order chi connectivity index (χ1) is 11.4. The Balaban J connectivity index is 2.36. The van der Waals surface area contributed by atoms with Gasteiger partial charge in [0.25, 0.3) is 0 Å². The molecule has 24 heavy (non-hydrogen) atoms. The zero-order valence-corrected chi connectivity index (χ0v) is 15.4. The van der Waals surface area contributed by atoms with Crippen LogP contribution in [0, 0.1) is 35.5 Å². The van der Waals surface area contributed by atoms with Crippen molar-refractivity contribution in [3.63, 3.8) is 0 Å². The summed E-state index contributed by atoms with van der Waals surface area (Å²) in [6.07, 6.45) is 12.0. The summed E-state index contributed by atoms with van der Waals surface area (Å²) in [6.45, 7) is 8.92. The summed E-state index contributed by atoms with van der Waals surface area (Å²) >= 11 is 0. The van der Waals surface area contributed by atoms with Crippen molar-refractivity contribution in [3.8, 4) is 0 Å². The molecule has 0 aromatic carbocycles. The van der Waals surface area contributed by atoms with Gasteiger partial charge in [-0.15, -0.1) is 0 Å². The first-order valence-electron chi connectivity index (χ1n) is 9.25. The lowest BCUT2D eigenvalue weighted by Gasteiger charge is -2.52. The van der Waals surface area contributed by atoms with Gasteiger partial charge in [-0.05, 0) is 68.6 Å². The van der Waals surface area contributed by atoms with Crippen LogP contribution in [0.15, 0.2) is 36.0 Å². The minimum atomic E-state index is -0.919. The van der Waals surface area contributed by atoms with Crippen molar-refractivity contribution in [2.24, 2.45) is 35.5 Å². The molecule has 0 aliphatic heterocycles. The second-order valence-electron chi connectivity index (χ2n) is 7.79. The van der Waals surface area contributed by atoms with E-state index < -0.39 is 5.97 Å². The lowest BCUT2D eigenvalue weighted by atomic mass is 9.53. The number of carboxylic acid groups (broad SMARTS) is 1. The third-order valence-corrected chi connectivity index (χ3v) is 6.34. The van der Waals surface area contributed by atoms with Crippen molar-refractivity contribution in [1.29, 1.82) is 0 Å². The van der Waals surface area contributed by atoms with Gasteiger partial charge in [-0.3, -0.25) is 0 Å². The normalized spacial score (nSPS) is 40.9. The third-order valence-electron chi connectivity index (χ3n) is 6.34. The number of carbonyl (C=O) groups is 1. The molecular weight excluding hydrogens is 300 g/mol. The molecule has 3 heteroatoms. The third kappa shape index (κ3) is 4.00. The van der Waals surface area contributed by atoms with Crippen LogP contribution in [0.2, 0.25) is 0 Å². The smallest absolute Gasteiger partial charge is 0.328 e. The van der Waals surface area contributed by atoms with E-state index in [0.29, 0.717) is 35.5 Å². The molecule has 0 bridgehead atoms. The largest absolute Gasteiger partial charge is 0.478 e. The molecular formula is C21H32O3. The minimum Gasteiger partial charge on any atom is -0.478 e. The van der Waals surface area contributed by atoms with E-state index in [1.165, 1.54) is 11.6 Å². The zero-order valence-electron chi connectivity index (χ0n) is 15.4. The van der Waals surface area contributed by atoms with E-state index in [-0.39, 0.29) is 6.10 Å². The molecule has 2 fully saturated rings. The fourth-order valence-corrected chi connectivity index (χ4v) is 5.22. The highest BCUT2D eigenvalue weighted by Crippen LogP contribution is 2.53. The van der Waals surface area contributed by atoms with Crippen molar-refractivity contribution in [3.05, 3.63) is 36.0 Å². The summed E-state index contributed by atoms with van der Waals surface area (Å²) < 4.78 is 0. The Hall–Kier alpha value is -1.35. The van der Waals surface area contributed by atoms with Gasteiger partial charge in [0.2, 0.25) is 0 Å². The molecule has 0 amide bonds. The molecule has 2 aliphatic rings. The molecule has 2 N–H and O–H groups in total. The zero-order chi connectivity index (χ0) is 17.9. The van der Waals surface area contributed by atoms with Crippen LogP contribution in [0.1, 0.15) is 47.0 Å².